The van der Waals surface area contributed by atoms with Gasteiger partial charge in [-0.3, -0.25) is 0 Å². The summed E-state index contributed by atoms with van der Waals surface area (Å²) in [6.07, 6.45) is -5.39. The van der Waals surface area contributed by atoms with Crippen molar-refractivity contribution in [3.05, 3.63) is 73.7 Å². The van der Waals surface area contributed by atoms with E-state index in [1.54, 1.807) is 0 Å². The Morgan fingerprint density at radius 2 is 1.61 bits per heavy atom. The molecular formula is C20H13Cl3F6O2. The Morgan fingerprint density at radius 1 is 1.06 bits per heavy atom. The van der Waals surface area contributed by atoms with E-state index in [0.717, 1.165) is 25.1 Å². The Morgan fingerprint density at radius 3 is 2.06 bits per heavy atom. The summed E-state index contributed by atoms with van der Waals surface area (Å²) >= 11 is 17.6. The van der Waals surface area contributed by atoms with Crippen molar-refractivity contribution in [3.63, 3.8) is 0 Å². The summed E-state index contributed by atoms with van der Waals surface area (Å²) in [5, 5.41) is 8.49. The summed E-state index contributed by atoms with van der Waals surface area (Å²) in [5.41, 5.74) is -3.65. The second kappa shape index (κ2) is 9.30. The number of hydrogen-bond donors (Lipinski definition) is 1. The van der Waals surface area contributed by atoms with Gasteiger partial charge in [0.15, 0.2) is 0 Å². The smallest absolute Gasteiger partial charge is 0.417 e. The van der Waals surface area contributed by atoms with Crippen LogP contribution in [0.3, 0.4) is 0 Å². The summed E-state index contributed by atoms with van der Waals surface area (Å²) in [7, 11) is 0. The van der Waals surface area contributed by atoms with Gasteiger partial charge >= 0.3 is 12.1 Å². The maximum Gasteiger partial charge on any atom is 0.417 e. The van der Waals surface area contributed by atoms with Crippen LogP contribution in [0.1, 0.15) is 46.3 Å². The summed E-state index contributed by atoms with van der Waals surface area (Å²) in [6.45, 7) is 1.14. The molecule has 1 unspecified atom stereocenters. The van der Waals surface area contributed by atoms with Gasteiger partial charge in [0.25, 0.3) is 5.92 Å². The fraction of sp³-hybridized carbons (Fsp3) is 0.250. The molecule has 0 aliphatic rings. The molecule has 31 heavy (non-hydrogen) atoms. The van der Waals surface area contributed by atoms with Crippen molar-refractivity contribution in [3.8, 4) is 0 Å². The molecule has 0 fully saturated rings. The lowest BCUT2D eigenvalue weighted by Gasteiger charge is -2.24. The standard InChI is InChI=1S/C20H13Cl3F6O2/c1-2-19(25,26)12(10-6-14(21)17(23)15(22)7-10)8-16(24)9-3-4-11(18(30)31)13(5-9)20(27,28)29/h3-8,12H,2H2,1H3,(H,30,31). The normalized spacial score (nSPS) is 13.9. The molecule has 0 saturated carbocycles. The Balaban J connectivity index is 2.66. The quantitative estimate of drug-likeness (QED) is 0.316. The molecule has 0 radical (unpaired) electrons. The molecule has 2 aromatic rings. The lowest BCUT2D eigenvalue weighted by molar-refractivity contribution is -0.138. The van der Waals surface area contributed by atoms with Crippen LogP contribution in [0.15, 0.2) is 36.4 Å². The Bertz CT molecular complexity index is 1010. The third kappa shape index (κ3) is 5.67. The second-order valence-electron chi connectivity index (χ2n) is 6.47. The molecule has 1 atom stereocenters. The fourth-order valence-corrected chi connectivity index (χ4v) is 3.41. The average molecular weight is 506 g/mol. The van der Waals surface area contributed by atoms with Crippen molar-refractivity contribution in [1.29, 1.82) is 0 Å². The molecule has 0 aliphatic carbocycles. The number of halogens is 9. The number of rotatable bonds is 6. The van der Waals surface area contributed by atoms with E-state index < -0.39 is 52.9 Å². The zero-order valence-corrected chi connectivity index (χ0v) is 17.8. The lowest BCUT2D eigenvalue weighted by atomic mass is 9.89. The average Bonchev–Trinajstić information content (AvgIpc) is 2.68. The number of hydrogen-bond acceptors (Lipinski definition) is 1. The molecule has 0 spiro atoms. The van der Waals surface area contributed by atoms with Gasteiger partial charge in [-0.2, -0.15) is 13.2 Å². The first-order valence-corrected chi connectivity index (χ1v) is 9.67. The minimum atomic E-state index is -5.10. The van der Waals surface area contributed by atoms with Crippen molar-refractivity contribution in [2.75, 3.05) is 0 Å². The predicted molar refractivity (Wildman–Crippen MR) is 107 cm³/mol. The van der Waals surface area contributed by atoms with Crippen LogP contribution in [0.2, 0.25) is 15.1 Å². The molecule has 0 aromatic heterocycles. The molecule has 0 aliphatic heterocycles. The molecule has 0 saturated heterocycles. The van der Waals surface area contributed by atoms with E-state index in [1.807, 2.05) is 0 Å². The van der Waals surface area contributed by atoms with Crippen LogP contribution in [0.5, 0.6) is 0 Å². The maximum atomic E-state index is 14.8. The number of alkyl halides is 5. The molecule has 1 N–H and O–H groups in total. The largest absolute Gasteiger partial charge is 0.478 e. The first-order chi connectivity index (χ1) is 14.2. The minimum Gasteiger partial charge on any atom is -0.478 e. The summed E-state index contributed by atoms with van der Waals surface area (Å²) in [5.74, 6) is -8.75. The van der Waals surface area contributed by atoms with Gasteiger partial charge in [-0.25, -0.2) is 18.0 Å². The zero-order valence-electron chi connectivity index (χ0n) is 15.5. The molecule has 2 aromatic carbocycles. The molecule has 2 rings (SSSR count). The van der Waals surface area contributed by atoms with Gasteiger partial charge in [-0.1, -0.05) is 47.8 Å². The highest BCUT2D eigenvalue weighted by Gasteiger charge is 2.39. The molecule has 168 valence electrons. The molecule has 2 nitrogen and oxygen atoms in total. The Kier molecular flexibility index (Phi) is 7.61. The molecular weight excluding hydrogens is 493 g/mol. The highest BCUT2D eigenvalue weighted by Crippen LogP contribution is 2.43. The molecule has 0 bridgehead atoms. The first-order valence-electron chi connectivity index (χ1n) is 8.53. The fourth-order valence-electron chi connectivity index (χ4n) is 2.79. The number of aromatic carboxylic acids is 1. The van der Waals surface area contributed by atoms with Crippen molar-refractivity contribution in [2.45, 2.75) is 31.4 Å². The van der Waals surface area contributed by atoms with Crippen LogP contribution in [-0.4, -0.2) is 17.0 Å². The van der Waals surface area contributed by atoms with Gasteiger partial charge in [-0.15, -0.1) is 0 Å². The highest BCUT2D eigenvalue weighted by atomic mass is 35.5. The second-order valence-corrected chi connectivity index (χ2v) is 7.66. The highest BCUT2D eigenvalue weighted by molar-refractivity contribution is 6.48. The maximum absolute atomic E-state index is 14.8. The van der Waals surface area contributed by atoms with Gasteiger partial charge < -0.3 is 5.11 Å². The number of benzene rings is 2. The van der Waals surface area contributed by atoms with E-state index in [2.05, 4.69) is 0 Å². The van der Waals surface area contributed by atoms with Gasteiger partial charge in [0.2, 0.25) is 0 Å². The summed E-state index contributed by atoms with van der Waals surface area (Å²) in [6, 6.07) is 3.67. The third-order valence-corrected chi connectivity index (χ3v) is 5.63. The van der Waals surface area contributed by atoms with Crippen LogP contribution >= 0.6 is 34.8 Å². The van der Waals surface area contributed by atoms with Crippen LogP contribution in [-0.2, 0) is 6.18 Å². The molecule has 11 heteroatoms. The van der Waals surface area contributed by atoms with Gasteiger partial charge in [0.1, 0.15) is 5.83 Å². The van der Waals surface area contributed by atoms with Crippen molar-refractivity contribution in [1.82, 2.24) is 0 Å². The van der Waals surface area contributed by atoms with Crippen molar-refractivity contribution >= 4 is 46.6 Å². The van der Waals surface area contributed by atoms with Gasteiger partial charge in [0, 0.05) is 12.0 Å². The van der Waals surface area contributed by atoms with E-state index >= 15 is 0 Å². The van der Waals surface area contributed by atoms with E-state index in [1.165, 1.54) is 0 Å². The molecule has 0 heterocycles. The number of carboxylic acid groups (broad SMARTS) is 1. The first kappa shape index (κ1) is 25.4. The number of carboxylic acids is 1. The van der Waals surface area contributed by atoms with Crippen LogP contribution in [0, 0.1) is 0 Å². The topological polar surface area (TPSA) is 37.3 Å². The predicted octanol–water partition coefficient (Wildman–Crippen LogP) is 8.50. The monoisotopic (exact) mass is 504 g/mol. The Hall–Kier alpha value is -1.90. The van der Waals surface area contributed by atoms with Gasteiger partial charge in [0.05, 0.1) is 32.1 Å². The summed E-state index contributed by atoms with van der Waals surface area (Å²) in [4.78, 5) is 11.0. The Labute approximate surface area is 188 Å². The van der Waals surface area contributed by atoms with Gasteiger partial charge in [-0.05, 0) is 35.9 Å². The minimum absolute atomic E-state index is 0.103. The van der Waals surface area contributed by atoms with E-state index in [4.69, 9.17) is 39.9 Å². The van der Waals surface area contributed by atoms with Crippen molar-refractivity contribution < 1.29 is 36.2 Å². The third-order valence-electron chi connectivity index (χ3n) is 4.44. The number of carbonyl (C=O) groups is 1. The van der Waals surface area contributed by atoms with Crippen LogP contribution in [0.25, 0.3) is 5.83 Å². The van der Waals surface area contributed by atoms with E-state index in [-0.39, 0.29) is 26.7 Å². The van der Waals surface area contributed by atoms with E-state index in [9.17, 15) is 31.1 Å². The molecule has 0 amide bonds. The van der Waals surface area contributed by atoms with Crippen LogP contribution in [0.4, 0.5) is 26.3 Å². The zero-order chi connectivity index (χ0) is 23.7. The SMILES string of the molecule is CCC(F)(F)C(C=C(F)c1ccc(C(=O)O)c(C(F)(F)F)c1)c1cc(Cl)c(Cl)c(Cl)c1. The number of allylic oxidation sites excluding steroid dienone is 1. The lowest BCUT2D eigenvalue weighted by Crippen LogP contribution is -2.24. The van der Waals surface area contributed by atoms with Crippen LogP contribution < -0.4 is 0 Å². The summed E-state index contributed by atoms with van der Waals surface area (Å²) < 4.78 is 83.6. The van der Waals surface area contributed by atoms with Crippen molar-refractivity contribution in [2.24, 2.45) is 0 Å². The van der Waals surface area contributed by atoms with E-state index in [0.29, 0.717) is 12.1 Å².